The molecule has 20 heavy (non-hydrogen) atoms. The number of rotatable bonds is 3. The number of hydrogen-bond donors (Lipinski definition) is 1. The van der Waals surface area contributed by atoms with Crippen molar-refractivity contribution in [2.45, 2.75) is 31.9 Å². The maximum absolute atomic E-state index is 13.0. The van der Waals surface area contributed by atoms with Gasteiger partial charge in [-0.15, -0.1) is 0 Å². The lowest BCUT2D eigenvalue weighted by Gasteiger charge is -2.22. The van der Waals surface area contributed by atoms with Crippen molar-refractivity contribution in [3.8, 4) is 5.75 Å². The number of methoxy groups -OCH3 is 1. The number of carboxylic acid groups (broad SMARTS) is 1. The molecule has 0 amide bonds. The predicted octanol–water partition coefficient (Wildman–Crippen LogP) is 3.47. The van der Waals surface area contributed by atoms with Crippen LogP contribution in [0.25, 0.3) is 0 Å². The van der Waals surface area contributed by atoms with E-state index in [0.717, 1.165) is 13.2 Å². The Morgan fingerprint density at radius 1 is 1.35 bits per heavy atom. The van der Waals surface area contributed by atoms with Crippen molar-refractivity contribution in [2.75, 3.05) is 7.11 Å². The molecule has 1 aliphatic carbocycles. The van der Waals surface area contributed by atoms with Gasteiger partial charge < -0.3 is 9.84 Å². The average Bonchev–Trinajstić information content (AvgIpc) is 2.91. The molecule has 0 radical (unpaired) electrons. The van der Waals surface area contributed by atoms with Crippen molar-refractivity contribution in [2.24, 2.45) is 5.41 Å². The van der Waals surface area contributed by atoms with Crippen molar-refractivity contribution < 1.29 is 27.8 Å². The van der Waals surface area contributed by atoms with Crippen molar-refractivity contribution >= 4 is 5.97 Å². The molecule has 1 fully saturated rings. The van der Waals surface area contributed by atoms with E-state index in [0.29, 0.717) is 0 Å². The molecule has 3 nitrogen and oxygen atoms in total. The number of ether oxygens (including phenoxy) is 1. The van der Waals surface area contributed by atoms with Gasteiger partial charge >= 0.3 is 12.1 Å². The highest BCUT2D eigenvalue weighted by molar-refractivity contribution is 5.88. The van der Waals surface area contributed by atoms with Gasteiger partial charge in [-0.25, -0.2) is 0 Å². The first kappa shape index (κ1) is 14.7. The van der Waals surface area contributed by atoms with Gasteiger partial charge in [-0.1, -0.05) is 26.0 Å². The van der Waals surface area contributed by atoms with E-state index in [9.17, 15) is 23.1 Å². The summed E-state index contributed by atoms with van der Waals surface area (Å²) in [6.45, 7) is 3.45. The van der Waals surface area contributed by atoms with Crippen LogP contribution in [-0.2, 0) is 16.4 Å². The zero-order valence-corrected chi connectivity index (χ0v) is 11.3. The molecular weight excluding hydrogens is 273 g/mol. The van der Waals surface area contributed by atoms with E-state index in [4.69, 9.17) is 4.74 Å². The Balaban J connectivity index is 2.68. The molecule has 0 bridgehead atoms. The lowest BCUT2D eigenvalue weighted by Crippen LogP contribution is -2.27. The largest absolute Gasteiger partial charge is 0.496 e. The van der Waals surface area contributed by atoms with E-state index in [2.05, 4.69) is 0 Å². The van der Waals surface area contributed by atoms with Crippen LogP contribution in [0.4, 0.5) is 13.2 Å². The van der Waals surface area contributed by atoms with Crippen molar-refractivity contribution in [3.63, 3.8) is 0 Å². The van der Waals surface area contributed by atoms with Gasteiger partial charge in [0, 0.05) is 5.56 Å². The van der Waals surface area contributed by atoms with E-state index < -0.39 is 34.3 Å². The number of aliphatic carboxylic acids is 1. The lowest BCUT2D eigenvalue weighted by atomic mass is 9.86. The van der Waals surface area contributed by atoms with Crippen LogP contribution in [0.1, 0.15) is 31.4 Å². The van der Waals surface area contributed by atoms with Crippen molar-refractivity contribution in [3.05, 3.63) is 29.3 Å². The minimum absolute atomic E-state index is 0.0901. The summed E-state index contributed by atoms with van der Waals surface area (Å²) in [6.07, 6.45) is -4.30. The predicted molar refractivity (Wildman–Crippen MR) is 65.7 cm³/mol. The van der Waals surface area contributed by atoms with Gasteiger partial charge in [0.2, 0.25) is 0 Å². The molecule has 2 rings (SSSR count). The topological polar surface area (TPSA) is 46.5 Å². The van der Waals surface area contributed by atoms with Gasteiger partial charge in [0.15, 0.2) is 0 Å². The van der Waals surface area contributed by atoms with Crippen LogP contribution in [-0.4, -0.2) is 18.2 Å². The zero-order chi connectivity index (χ0) is 15.3. The van der Waals surface area contributed by atoms with E-state index in [1.165, 1.54) is 12.1 Å². The minimum Gasteiger partial charge on any atom is -0.496 e. The van der Waals surface area contributed by atoms with E-state index >= 15 is 0 Å². The van der Waals surface area contributed by atoms with Gasteiger partial charge in [-0.2, -0.15) is 13.2 Å². The fraction of sp³-hybridized carbons (Fsp3) is 0.500. The highest BCUT2D eigenvalue weighted by Crippen LogP contribution is 2.66. The van der Waals surface area contributed by atoms with Crippen LogP contribution in [0, 0.1) is 5.41 Å². The standard InChI is InChI=1S/C14H15F3O3/c1-12(2)7-13(12,11(18)19)8-5-4-6-9(10(8)20-3)14(15,16)17/h4-6H,7H2,1-3H3,(H,18,19). The van der Waals surface area contributed by atoms with Gasteiger partial charge in [0.25, 0.3) is 0 Å². The second kappa shape index (κ2) is 4.14. The van der Waals surface area contributed by atoms with Crippen LogP contribution >= 0.6 is 0 Å². The summed E-state index contributed by atoms with van der Waals surface area (Å²) >= 11 is 0. The molecule has 1 aliphatic rings. The SMILES string of the molecule is COc1c(C(F)(F)F)cccc1C1(C(=O)O)CC1(C)C. The summed E-state index contributed by atoms with van der Waals surface area (Å²) in [6, 6.07) is 3.52. The fourth-order valence-electron chi connectivity index (χ4n) is 2.88. The molecule has 0 aliphatic heterocycles. The number of halogens is 3. The number of benzene rings is 1. The lowest BCUT2D eigenvalue weighted by molar-refractivity contribution is -0.142. The third-order valence-corrected chi connectivity index (χ3v) is 4.09. The quantitative estimate of drug-likeness (QED) is 0.926. The van der Waals surface area contributed by atoms with Gasteiger partial charge in [-0.05, 0) is 17.9 Å². The number of para-hydroxylation sites is 1. The molecule has 1 aromatic carbocycles. The van der Waals surface area contributed by atoms with Crippen molar-refractivity contribution in [1.82, 2.24) is 0 Å². The molecule has 1 atom stereocenters. The van der Waals surface area contributed by atoms with E-state index in [-0.39, 0.29) is 12.0 Å². The Bertz CT molecular complexity index is 563. The molecule has 0 aromatic heterocycles. The van der Waals surface area contributed by atoms with E-state index in [1.54, 1.807) is 13.8 Å². The number of hydrogen-bond acceptors (Lipinski definition) is 2. The van der Waals surface area contributed by atoms with Crippen molar-refractivity contribution in [1.29, 1.82) is 0 Å². The number of carbonyl (C=O) groups is 1. The maximum Gasteiger partial charge on any atom is 0.419 e. The molecule has 1 saturated carbocycles. The second-order valence-electron chi connectivity index (χ2n) is 5.66. The molecule has 6 heteroatoms. The third-order valence-electron chi connectivity index (χ3n) is 4.09. The van der Waals surface area contributed by atoms with Crippen LogP contribution in [0.3, 0.4) is 0 Å². The molecule has 1 unspecified atom stereocenters. The van der Waals surface area contributed by atoms with Gasteiger partial charge in [-0.3, -0.25) is 4.79 Å². The maximum atomic E-state index is 13.0. The highest BCUT2D eigenvalue weighted by atomic mass is 19.4. The normalized spacial score (nSPS) is 24.3. The van der Waals surface area contributed by atoms with Crippen LogP contribution in [0.2, 0.25) is 0 Å². The van der Waals surface area contributed by atoms with E-state index in [1.807, 2.05) is 0 Å². The molecule has 1 aromatic rings. The van der Waals surface area contributed by atoms with Gasteiger partial charge in [0.1, 0.15) is 11.2 Å². The zero-order valence-electron chi connectivity index (χ0n) is 11.3. The third kappa shape index (κ3) is 1.85. The highest BCUT2D eigenvalue weighted by Gasteiger charge is 2.69. The molecule has 110 valence electrons. The summed E-state index contributed by atoms with van der Waals surface area (Å²) < 4.78 is 43.9. The first-order chi connectivity index (χ1) is 9.08. The molecule has 0 heterocycles. The smallest absolute Gasteiger partial charge is 0.419 e. The summed E-state index contributed by atoms with van der Waals surface area (Å²) in [5, 5.41) is 9.47. The van der Waals surface area contributed by atoms with Gasteiger partial charge in [0.05, 0.1) is 12.7 Å². The van der Waals surface area contributed by atoms with Crippen LogP contribution in [0.15, 0.2) is 18.2 Å². The molecule has 1 N–H and O–H groups in total. The fourth-order valence-corrected chi connectivity index (χ4v) is 2.88. The first-order valence-electron chi connectivity index (χ1n) is 6.06. The monoisotopic (exact) mass is 288 g/mol. The first-order valence-corrected chi connectivity index (χ1v) is 6.06. The molecule has 0 saturated heterocycles. The summed E-state index contributed by atoms with van der Waals surface area (Å²) in [5.74, 6) is -1.52. The average molecular weight is 288 g/mol. The molecular formula is C14H15F3O3. The number of carboxylic acids is 1. The number of alkyl halides is 3. The Hall–Kier alpha value is -1.72. The Labute approximate surface area is 114 Å². The molecule has 0 spiro atoms. The summed E-state index contributed by atoms with van der Waals surface area (Å²) in [7, 11) is 1.12. The van der Waals surface area contributed by atoms with Crippen LogP contribution < -0.4 is 4.74 Å². The Kier molecular flexibility index (Phi) is 3.04. The summed E-state index contributed by atoms with van der Waals surface area (Å²) in [4.78, 5) is 11.6. The minimum atomic E-state index is -4.58. The van der Waals surface area contributed by atoms with Crippen LogP contribution in [0.5, 0.6) is 5.75 Å². The Morgan fingerprint density at radius 2 is 1.90 bits per heavy atom. The summed E-state index contributed by atoms with van der Waals surface area (Å²) in [5.41, 5.74) is -2.77. The second-order valence-corrected chi connectivity index (χ2v) is 5.66. The Morgan fingerprint density at radius 3 is 2.25 bits per heavy atom.